The Labute approximate surface area is 137 Å². The van der Waals surface area contributed by atoms with Crippen molar-refractivity contribution in [2.24, 2.45) is 23.2 Å². The Balaban J connectivity index is 1.87. The molecule has 4 saturated carbocycles. The van der Waals surface area contributed by atoms with E-state index >= 15 is 0 Å². The van der Waals surface area contributed by atoms with Gasteiger partial charge in [-0.2, -0.15) is 0 Å². The first-order valence-electron chi connectivity index (χ1n) is 8.40. The van der Waals surface area contributed by atoms with Crippen LogP contribution < -0.4 is 0 Å². The number of hydrogen-bond acceptors (Lipinski definition) is 3. The second-order valence-corrected chi connectivity index (χ2v) is 7.48. The van der Waals surface area contributed by atoms with Gasteiger partial charge in [0.25, 0.3) is 0 Å². The van der Waals surface area contributed by atoms with Crippen LogP contribution in [0, 0.1) is 23.2 Å². The zero-order valence-corrected chi connectivity index (χ0v) is 14.0. The molecule has 4 heteroatoms. The summed E-state index contributed by atoms with van der Waals surface area (Å²) in [5.41, 5.74) is 1.16. The molecule has 4 aliphatic rings. The van der Waals surface area contributed by atoms with Crippen LogP contribution >= 0.6 is 0 Å². The van der Waals surface area contributed by atoms with E-state index in [1.54, 1.807) is 13.2 Å². The van der Waals surface area contributed by atoms with Crippen LogP contribution in [-0.2, 0) is 14.3 Å². The summed E-state index contributed by atoms with van der Waals surface area (Å²) in [6.45, 7) is 4.36. The summed E-state index contributed by atoms with van der Waals surface area (Å²) in [5.74, 6) is 2.38. The van der Waals surface area contributed by atoms with Crippen molar-refractivity contribution in [3.05, 3.63) is 35.8 Å². The number of ether oxygens (including phenoxy) is 2. The van der Waals surface area contributed by atoms with E-state index in [1.807, 2.05) is 0 Å². The van der Waals surface area contributed by atoms with Crippen molar-refractivity contribution in [2.45, 2.75) is 38.5 Å². The molecule has 4 rings (SSSR count). The standard InChI is InChI=1S/C19H26O4/c1-12(17(23-3)7-16(22-2)8-18(20)21)19-9-13-4-14(10-19)6-15(5-13)11-19/h7-8,13-15H,1,4-6,9-11H2,2-3H3,(H,20,21)/b16-8-,17-7+. The van der Waals surface area contributed by atoms with Crippen LogP contribution in [0.2, 0.25) is 0 Å². The number of methoxy groups -OCH3 is 2. The van der Waals surface area contributed by atoms with Gasteiger partial charge in [0.2, 0.25) is 0 Å². The summed E-state index contributed by atoms with van der Waals surface area (Å²) in [6.07, 6.45) is 10.4. The summed E-state index contributed by atoms with van der Waals surface area (Å²) in [5, 5.41) is 8.92. The Bertz CT molecular complexity index is 535. The van der Waals surface area contributed by atoms with Crippen molar-refractivity contribution in [2.75, 3.05) is 14.2 Å². The van der Waals surface area contributed by atoms with Crippen molar-refractivity contribution in [3.63, 3.8) is 0 Å². The van der Waals surface area contributed by atoms with E-state index in [2.05, 4.69) is 6.58 Å². The van der Waals surface area contributed by atoms with Gasteiger partial charge in [0, 0.05) is 6.08 Å². The molecule has 1 N–H and O–H groups in total. The molecule has 0 aromatic heterocycles. The average Bonchev–Trinajstić information content (AvgIpc) is 2.49. The molecule has 0 unspecified atom stereocenters. The van der Waals surface area contributed by atoms with Gasteiger partial charge in [-0.05, 0) is 67.3 Å². The molecule has 0 spiro atoms. The third-order valence-corrected chi connectivity index (χ3v) is 5.97. The predicted molar refractivity (Wildman–Crippen MR) is 87.6 cm³/mol. The Hall–Kier alpha value is -1.71. The fourth-order valence-electron chi connectivity index (χ4n) is 5.42. The monoisotopic (exact) mass is 318 g/mol. The third-order valence-electron chi connectivity index (χ3n) is 5.97. The normalized spacial score (nSPS) is 36.0. The van der Waals surface area contributed by atoms with E-state index in [0.717, 1.165) is 29.4 Å². The zero-order valence-electron chi connectivity index (χ0n) is 14.0. The fraction of sp³-hybridized carbons (Fsp3) is 0.632. The van der Waals surface area contributed by atoms with E-state index in [1.165, 1.54) is 45.6 Å². The van der Waals surface area contributed by atoms with Crippen molar-refractivity contribution >= 4 is 5.97 Å². The molecule has 23 heavy (non-hydrogen) atoms. The molecule has 4 aliphatic carbocycles. The SMILES string of the molecule is C=C(/C(=C\C(=C\C(=O)O)OC)OC)C12CC3CC(CC(C3)C1)C2. The minimum Gasteiger partial charge on any atom is -0.496 e. The highest BCUT2D eigenvalue weighted by atomic mass is 16.5. The van der Waals surface area contributed by atoms with Gasteiger partial charge in [-0.15, -0.1) is 0 Å². The van der Waals surface area contributed by atoms with Gasteiger partial charge in [0.05, 0.1) is 20.3 Å². The first-order chi connectivity index (χ1) is 11.0. The van der Waals surface area contributed by atoms with Gasteiger partial charge in [0.15, 0.2) is 0 Å². The first-order valence-corrected chi connectivity index (χ1v) is 8.40. The van der Waals surface area contributed by atoms with E-state index in [4.69, 9.17) is 14.6 Å². The lowest BCUT2D eigenvalue weighted by atomic mass is 9.48. The Morgan fingerprint density at radius 2 is 1.57 bits per heavy atom. The van der Waals surface area contributed by atoms with Crippen molar-refractivity contribution in [3.8, 4) is 0 Å². The molecule has 0 aromatic rings. The Morgan fingerprint density at radius 3 is 1.96 bits per heavy atom. The highest BCUT2D eigenvalue weighted by Crippen LogP contribution is 2.63. The number of hydrogen-bond donors (Lipinski definition) is 1. The third kappa shape index (κ3) is 3.04. The van der Waals surface area contributed by atoms with Gasteiger partial charge in [-0.25, -0.2) is 4.79 Å². The molecule has 0 amide bonds. The van der Waals surface area contributed by atoms with Crippen LogP contribution in [0.1, 0.15) is 38.5 Å². The molecular weight excluding hydrogens is 292 g/mol. The molecule has 0 aliphatic heterocycles. The van der Waals surface area contributed by atoms with E-state index in [-0.39, 0.29) is 11.2 Å². The molecule has 4 bridgehead atoms. The molecule has 0 atom stereocenters. The molecule has 4 fully saturated rings. The summed E-state index contributed by atoms with van der Waals surface area (Å²) in [7, 11) is 3.08. The Morgan fingerprint density at radius 1 is 1.04 bits per heavy atom. The largest absolute Gasteiger partial charge is 0.496 e. The van der Waals surface area contributed by atoms with Crippen LogP contribution in [0.25, 0.3) is 0 Å². The molecule has 0 heterocycles. The topological polar surface area (TPSA) is 55.8 Å². The van der Waals surface area contributed by atoms with Gasteiger partial charge >= 0.3 is 5.97 Å². The molecular formula is C19H26O4. The van der Waals surface area contributed by atoms with Crippen LogP contribution in [0.5, 0.6) is 0 Å². The second kappa shape index (κ2) is 6.06. The maximum Gasteiger partial charge on any atom is 0.332 e. The first kappa shape index (κ1) is 16.2. The van der Waals surface area contributed by atoms with Crippen LogP contribution in [0.4, 0.5) is 0 Å². The number of rotatable bonds is 6. The van der Waals surface area contributed by atoms with Gasteiger partial charge in [-0.1, -0.05) is 6.58 Å². The maximum atomic E-state index is 10.9. The number of carboxylic acid groups (broad SMARTS) is 1. The summed E-state index contributed by atoms with van der Waals surface area (Å²) in [4.78, 5) is 10.9. The van der Waals surface area contributed by atoms with Crippen LogP contribution in [0.15, 0.2) is 35.8 Å². The maximum absolute atomic E-state index is 10.9. The zero-order chi connectivity index (χ0) is 16.6. The predicted octanol–water partition coefficient (Wildman–Crippen LogP) is 3.90. The molecule has 126 valence electrons. The van der Waals surface area contributed by atoms with Crippen LogP contribution in [-0.4, -0.2) is 25.3 Å². The number of allylic oxidation sites excluding steroid dienone is 2. The second-order valence-electron chi connectivity index (χ2n) is 7.48. The average molecular weight is 318 g/mol. The van der Waals surface area contributed by atoms with Crippen LogP contribution in [0.3, 0.4) is 0 Å². The molecule has 0 saturated heterocycles. The van der Waals surface area contributed by atoms with E-state index in [9.17, 15) is 4.79 Å². The molecule has 4 nitrogen and oxygen atoms in total. The lowest BCUT2D eigenvalue weighted by Crippen LogP contribution is -2.47. The lowest BCUT2D eigenvalue weighted by Gasteiger charge is -2.57. The van der Waals surface area contributed by atoms with E-state index in [0.29, 0.717) is 5.76 Å². The van der Waals surface area contributed by atoms with Crippen molar-refractivity contribution in [1.29, 1.82) is 0 Å². The number of carboxylic acids is 1. The number of carbonyl (C=O) groups is 1. The van der Waals surface area contributed by atoms with Gasteiger partial charge < -0.3 is 14.6 Å². The fourth-order valence-corrected chi connectivity index (χ4v) is 5.42. The lowest BCUT2D eigenvalue weighted by molar-refractivity contribution is -0.131. The van der Waals surface area contributed by atoms with Crippen molar-refractivity contribution in [1.82, 2.24) is 0 Å². The summed E-state index contributed by atoms with van der Waals surface area (Å²) >= 11 is 0. The summed E-state index contributed by atoms with van der Waals surface area (Å²) in [6, 6.07) is 0. The molecule has 0 aromatic carbocycles. The van der Waals surface area contributed by atoms with Gasteiger partial charge in [-0.3, -0.25) is 0 Å². The highest BCUT2D eigenvalue weighted by Gasteiger charge is 2.52. The number of aliphatic carboxylic acids is 1. The minimum atomic E-state index is -1.03. The minimum absolute atomic E-state index is 0.138. The Kier molecular flexibility index (Phi) is 4.26. The van der Waals surface area contributed by atoms with E-state index < -0.39 is 5.97 Å². The molecule has 0 radical (unpaired) electrons. The van der Waals surface area contributed by atoms with Gasteiger partial charge in [0.1, 0.15) is 11.5 Å². The van der Waals surface area contributed by atoms with Crippen molar-refractivity contribution < 1.29 is 19.4 Å². The quantitative estimate of drug-likeness (QED) is 0.458. The summed E-state index contributed by atoms with van der Waals surface area (Å²) < 4.78 is 10.7. The highest BCUT2D eigenvalue weighted by molar-refractivity contribution is 5.80. The smallest absolute Gasteiger partial charge is 0.332 e.